The van der Waals surface area contributed by atoms with E-state index in [1.807, 2.05) is 74.1 Å². The number of anilines is 3. The summed E-state index contributed by atoms with van der Waals surface area (Å²) in [6.45, 7) is 1.77. The third-order valence-corrected chi connectivity index (χ3v) is 12.0. The summed E-state index contributed by atoms with van der Waals surface area (Å²) in [5.74, 6) is 1.13. The number of para-hydroxylation sites is 2. The molecule has 0 radical (unpaired) electrons. The van der Waals surface area contributed by atoms with Gasteiger partial charge in [-0.2, -0.15) is 0 Å². The van der Waals surface area contributed by atoms with Crippen LogP contribution in [0.5, 0.6) is 23.0 Å². The zero-order valence-electron chi connectivity index (χ0n) is 36.2. The van der Waals surface area contributed by atoms with Crippen molar-refractivity contribution >= 4 is 58.6 Å². The number of carbonyl (C=O) groups excluding carboxylic acids is 3. The van der Waals surface area contributed by atoms with E-state index in [0.717, 1.165) is 45.7 Å². The van der Waals surface area contributed by atoms with Crippen LogP contribution in [0.1, 0.15) is 55.8 Å². The standard InChI is InChI=1S/C50H49N5O9/c1-53(15-9-16-62-17-14-48(56)61-4)35-19-31(29-63-46-25-40-38(23-44(46)59-2)49(57)54-36(27-51-40)21-33-10-5-7-12-42(33)54)18-32(20-35)30-64-47-26-41-39(24-45(47)60-3)50(58)55-37(28-52-41)22-34-11-6-8-13-43(34)55/h5-8,10-13,18-20,23-28,36-37H,9,14-17,21-22,29-30H2,1-4H3/t36-,37-/m0/s1. The summed E-state index contributed by atoms with van der Waals surface area (Å²) < 4.78 is 34.9. The fraction of sp³-hybridized carbons (Fsp3) is 0.300. The maximum Gasteiger partial charge on any atom is 0.307 e. The predicted octanol–water partition coefficient (Wildman–Crippen LogP) is 7.84. The molecule has 14 nitrogen and oxygen atoms in total. The van der Waals surface area contributed by atoms with E-state index in [1.54, 1.807) is 48.3 Å². The van der Waals surface area contributed by atoms with E-state index in [-0.39, 0.29) is 49.5 Å². The summed E-state index contributed by atoms with van der Waals surface area (Å²) in [7, 11) is 6.47. The minimum absolute atomic E-state index is 0.142. The zero-order valence-corrected chi connectivity index (χ0v) is 36.2. The minimum Gasteiger partial charge on any atom is -0.493 e. The molecule has 64 heavy (non-hydrogen) atoms. The van der Waals surface area contributed by atoms with Crippen LogP contribution in [0.25, 0.3) is 0 Å². The fourth-order valence-corrected chi connectivity index (χ4v) is 8.72. The second kappa shape index (κ2) is 18.3. The molecule has 9 rings (SSSR count). The molecule has 0 N–H and O–H groups in total. The summed E-state index contributed by atoms with van der Waals surface area (Å²) in [6.07, 6.45) is 5.98. The van der Waals surface area contributed by atoms with Gasteiger partial charge in [0.25, 0.3) is 11.8 Å². The van der Waals surface area contributed by atoms with E-state index >= 15 is 0 Å². The smallest absolute Gasteiger partial charge is 0.307 e. The van der Waals surface area contributed by atoms with Crippen LogP contribution in [0, 0.1) is 0 Å². The van der Waals surface area contributed by atoms with E-state index in [0.29, 0.717) is 78.1 Å². The van der Waals surface area contributed by atoms with Crippen molar-refractivity contribution < 1.29 is 42.8 Å². The lowest BCUT2D eigenvalue weighted by Gasteiger charge is -2.23. The van der Waals surface area contributed by atoms with Crippen LogP contribution >= 0.6 is 0 Å². The SMILES string of the molecule is COC(=O)CCOCCCN(C)c1cc(COc2cc3c(cc2OC)C(=O)N2c4ccccc4C[C@H]2C=N3)cc(COc2cc3c(cc2OC)C(=O)N2c4ccccc4C[C@H]2C=N3)c1. The van der Waals surface area contributed by atoms with Gasteiger partial charge >= 0.3 is 5.97 Å². The van der Waals surface area contributed by atoms with Crippen LogP contribution in [-0.2, 0) is 40.3 Å². The molecular weight excluding hydrogens is 815 g/mol. The van der Waals surface area contributed by atoms with Gasteiger partial charge in [-0.15, -0.1) is 0 Å². The molecule has 0 saturated carbocycles. The van der Waals surface area contributed by atoms with Gasteiger partial charge in [0, 0.05) is 74.7 Å². The monoisotopic (exact) mass is 863 g/mol. The van der Waals surface area contributed by atoms with Crippen molar-refractivity contribution in [1.82, 2.24) is 0 Å². The number of aliphatic imine (C=N–C) groups is 2. The second-order valence-corrected chi connectivity index (χ2v) is 16.0. The molecule has 0 unspecified atom stereocenters. The quantitative estimate of drug-likeness (QED) is 0.0712. The molecular formula is C50H49N5O9. The maximum atomic E-state index is 14.0. The molecule has 0 saturated heterocycles. The number of benzene rings is 5. The van der Waals surface area contributed by atoms with E-state index < -0.39 is 0 Å². The first-order valence-electron chi connectivity index (χ1n) is 21.3. The second-order valence-electron chi connectivity index (χ2n) is 16.0. The largest absolute Gasteiger partial charge is 0.493 e. The zero-order chi connectivity index (χ0) is 44.3. The molecule has 0 aromatic heterocycles. The Morgan fingerprint density at radius 2 is 1.19 bits per heavy atom. The van der Waals surface area contributed by atoms with Crippen molar-refractivity contribution in [2.75, 3.05) is 62.8 Å². The Kier molecular flexibility index (Phi) is 12.0. The van der Waals surface area contributed by atoms with Gasteiger partial charge in [-0.05, 0) is 71.1 Å². The highest BCUT2D eigenvalue weighted by Crippen LogP contribution is 2.43. The Balaban J connectivity index is 0.954. The molecule has 2 amide bonds. The minimum atomic E-state index is -0.307. The molecule has 5 aromatic rings. The van der Waals surface area contributed by atoms with Gasteiger partial charge in [-0.1, -0.05) is 36.4 Å². The third kappa shape index (κ3) is 8.36. The number of carbonyl (C=O) groups is 3. The van der Waals surface area contributed by atoms with Crippen LogP contribution in [0.3, 0.4) is 0 Å². The molecule has 4 heterocycles. The van der Waals surface area contributed by atoms with Crippen molar-refractivity contribution in [3.05, 3.63) is 124 Å². The average Bonchev–Trinajstić information content (AvgIpc) is 3.81. The summed E-state index contributed by atoms with van der Waals surface area (Å²) in [5.41, 5.74) is 8.53. The first kappa shape index (κ1) is 42.1. The molecule has 0 spiro atoms. The number of fused-ring (bicyclic) bond motifs is 8. The van der Waals surface area contributed by atoms with Crippen molar-refractivity contribution in [1.29, 1.82) is 0 Å². The number of hydrogen-bond acceptors (Lipinski definition) is 12. The van der Waals surface area contributed by atoms with Gasteiger partial charge in [0.1, 0.15) is 13.2 Å². The Hall–Kier alpha value is -7.19. The third-order valence-electron chi connectivity index (χ3n) is 12.0. The normalized spacial score (nSPS) is 16.4. The van der Waals surface area contributed by atoms with Gasteiger partial charge in [0.2, 0.25) is 0 Å². The molecule has 4 aliphatic heterocycles. The van der Waals surface area contributed by atoms with E-state index in [2.05, 4.69) is 17.0 Å². The summed E-state index contributed by atoms with van der Waals surface area (Å²) >= 11 is 0. The number of methoxy groups -OCH3 is 3. The van der Waals surface area contributed by atoms with Gasteiger partial charge in [-0.3, -0.25) is 34.2 Å². The van der Waals surface area contributed by atoms with Gasteiger partial charge in [0.15, 0.2) is 23.0 Å². The lowest BCUT2D eigenvalue weighted by Crippen LogP contribution is -2.37. The van der Waals surface area contributed by atoms with Crippen LogP contribution < -0.4 is 33.6 Å². The lowest BCUT2D eigenvalue weighted by molar-refractivity contribution is -0.141. The molecule has 0 fully saturated rings. The first-order chi connectivity index (χ1) is 31.2. The fourth-order valence-electron chi connectivity index (χ4n) is 8.72. The van der Waals surface area contributed by atoms with Gasteiger partial charge in [-0.25, -0.2) is 0 Å². The van der Waals surface area contributed by atoms with Gasteiger partial charge in [0.05, 0.1) is 68.9 Å². The highest BCUT2D eigenvalue weighted by molar-refractivity contribution is 6.15. The van der Waals surface area contributed by atoms with Crippen LogP contribution in [0.2, 0.25) is 0 Å². The van der Waals surface area contributed by atoms with Crippen molar-refractivity contribution in [3.63, 3.8) is 0 Å². The molecule has 0 aliphatic carbocycles. The first-order valence-corrected chi connectivity index (χ1v) is 21.3. The van der Waals surface area contributed by atoms with E-state index in [9.17, 15) is 14.4 Å². The van der Waals surface area contributed by atoms with Crippen LogP contribution in [0.4, 0.5) is 28.4 Å². The Morgan fingerprint density at radius 3 is 1.69 bits per heavy atom. The molecule has 5 aromatic carbocycles. The number of nitrogens with zero attached hydrogens (tertiary/aromatic N) is 5. The van der Waals surface area contributed by atoms with Crippen LogP contribution in [0.15, 0.2) is 101 Å². The topological polar surface area (TPSA) is 141 Å². The van der Waals surface area contributed by atoms with Crippen molar-refractivity contribution in [3.8, 4) is 23.0 Å². The Morgan fingerprint density at radius 1 is 0.672 bits per heavy atom. The summed E-state index contributed by atoms with van der Waals surface area (Å²) in [4.78, 5) is 54.8. The van der Waals surface area contributed by atoms with Crippen molar-refractivity contribution in [2.24, 2.45) is 9.98 Å². The van der Waals surface area contributed by atoms with E-state index in [1.165, 1.54) is 7.11 Å². The highest BCUT2D eigenvalue weighted by atomic mass is 16.5. The summed E-state index contributed by atoms with van der Waals surface area (Å²) in [5, 5.41) is 0. The highest BCUT2D eigenvalue weighted by Gasteiger charge is 2.38. The van der Waals surface area contributed by atoms with E-state index in [4.69, 9.17) is 38.4 Å². The predicted molar refractivity (Wildman–Crippen MR) is 244 cm³/mol. The Bertz CT molecular complexity index is 2520. The van der Waals surface area contributed by atoms with Crippen molar-refractivity contribution in [2.45, 2.75) is 51.0 Å². The lowest BCUT2D eigenvalue weighted by atomic mass is 10.1. The van der Waals surface area contributed by atoms with Crippen LogP contribution in [-0.4, -0.2) is 90.4 Å². The Labute approximate surface area is 371 Å². The van der Waals surface area contributed by atoms with Gasteiger partial charge < -0.3 is 33.3 Å². The molecule has 0 bridgehead atoms. The molecule has 4 aliphatic rings. The number of esters is 1. The number of amides is 2. The molecule has 14 heteroatoms. The summed E-state index contributed by atoms with van der Waals surface area (Å²) in [6, 6.07) is 28.6. The number of hydrogen-bond donors (Lipinski definition) is 0. The number of ether oxygens (including phenoxy) is 6. The number of rotatable bonds is 16. The molecule has 2 atom stereocenters. The maximum absolute atomic E-state index is 14.0. The molecule has 328 valence electrons. The average molecular weight is 864 g/mol.